The Morgan fingerprint density at radius 3 is 2.64 bits per heavy atom. The summed E-state index contributed by atoms with van der Waals surface area (Å²) in [7, 11) is 0. The van der Waals surface area contributed by atoms with Gasteiger partial charge in [0.05, 0.1) is 10.6 Å². The van der Waals surface area contributed by atoms with Gasteiger partial charge in [0.25, 0.3) is 5.91 Å². The van der Waals surface area contributed by atoms with Gasteiger partial charge in [-0.25, -0.2) is 0 Å². The quantitative estimate of drug-likeness (QED) is 0.738. The molecule has 1 aromatic carbocycles. The molecule has 0 bridgehead atoms. The Balaban J connectivity index is 0.00000312. The third-order valence-electron chi connectivity index (χ3n) is 3.82. The van der Waals surface area contributed by atoms with E-state index in [2.05, 4.69) is 16.0 Å². The number of hydrogen-bond acceptors (Lipinski definition) is 3. The maximum atomic E-state index is 12.5. The molecule has 5 nitrogen and oxygen atoms in total. The van der Waals surface area contributed by atoms with E-state index in [0.29, 0.717) is 22.7 Å². The van der Waals surface area contributed by atoms with Gasteiger partial charge in [0.2, 0.25) is 5.91 Å². The summed E-state index contributed by atoms with van der Waals surface area (Å²) in [6, 6.07) is 5.10. The minimum Gasteiger partial charge on any atom is -0.348 e. The SMILES string of the molecule is CC(C)(C)CC(=O)Nc1ccc(Cl)c(C(=O)NC2CCCNC2)c1.Cl. The van der Waals surface area contributed by atoms with E-state index in [4.69, 9.17) is 11.6 Å². The molecule has 1 unspecified atom stereocenters. The van der Waals surface area contributed by atoms with Crippen LogP contribution in [0.3, 0.4) is 0 Å². The van der Waals surface area contributed by atoms with Gasteiger partial charge in [-0.3, -0.25) is 9.59 Å². The lowest BCUT2D eigenvalue weighted by molar-refractivity contribution is -0.117. The smallest absolute Gasteiger partial charge is 0.253 e. The van der Waals surface area contributed by atoms with Crippen molar-refractivity contribution in [1.29, 1.82) is 0 Å². The molecule has 0 aliphatic carbocycles. The highest BCUT2D eigenvalue weighted by atomic mass is 35.5. The van der Waals surface area contributed by atoms with E-state index in [1.54, 1.807) is 18.2 Å². The predicted octanol–water partition coefficient (Wildman–Crippen LogP) is 3.62. The second-order valence-electron chi connectivity index (χ2n) is 7.50. The summed E-state index contributed by atoms with van der Waals surface area (Å²) < 4.78 is 0. The van der Waals surface area contributed by atoms with Crippen molar-refractivity contribution in [2.24, 2.45) is 5.41 Å². The first-order valence-electron chi connectivity index (χ1n) is 8.35. The molecule has 1 aliphatic rings. The van der Waals surface area contributed by atoms with Crippen LogP contribution in [0.1, 0.15) is 50.4 Å². The van der Waals surface area contributed by atoms with E-state index in [1.807, 2.05) is 20.8 Å². The van der Waals surface area contributed by atoms with Crippen LogP contribution in [0.5, 0.6) is 0 Å². The third kappa shape index (κ3) is 7.22. The predicted molar refractivity (Wildman–Crippen MR) is 105 cm³/mol. The highest BCUT2D eigenvalue weighted by molar-refractivity contribution is 6.34. The minimum atomic E-state index is -0.208. The number of hydrogen-bond donors (Lipinski definition) is 3. The normalized spacial score (nSPS) is 17.4. The van der Waals surface area contributed by atoms with Gasteiger partial charge in [-0.1, -0.05) is 32.4 Å². The fourth-order valence-electron chi connectivity index (χ4n) is 2.70. The fraction of sp³-hybridized carbons (Fsp3) is 0.556. The monoisotopic (exact) mass is 387 g/mol. The van der Waals surface area contributed by atoms with E-state index in [9.17, 15) is 9.59 Å². The maximum Gasteiger partial charge on any atom is 0.253 e. The van der Waals surface area contributed by atoms with Crippen LogP contribution in [0, 0.1) is 5.41 Å². The molecule has 140 valence electrons. The van der Waals surface area contributed by atoms with Crippen molar-refractivity contribution in [3.8, 4) is 0 Å². The maximum absolute atomic E-state index is 12.5. The van der Waals surface area contributed by atoms with E-state index in [-0.39, 0.29) is 35.7 Å². The van der Waals surface area contributed by atoms with Crippen molar-refractivity contribution in [3.63, 3.8) is 0 Å². The van der Waals surface area contributed by atoms with Crippen LogP contribution in [0.2, 0.25) is 5.02 Å². The summed E-state index contributed by atoms with van der Waals surface area (Å²) >= 11 is 6.16. The van der Waals surface area contributed by atoms with Crippen molar-refractivity contribution in [3.05, 3.63) is 28.8 Å². The second-order valence-corrected chi connectivity index (χ2v) is 7.90. The summed E-state index contributed by atoms with van der Waals surface area (Å²) in [4.78, 5) is 24.5. The summed E-state index contributed by atoms with van der Waals surface area (Å²) in [5.74, 6) is -0.284. The molecule has 1 aliphatic heterocycles. The average Bonchev–Trinajstić information content (AvgIpc) is 2.48. The molecule has 0 spiro atoms. The minimum absolute atomic E-state index is 0. The Bertz CT molecular complexity index is 609. The van der Waals surface area contributed by atoms with Crippen molar-refractivity contribution >= 4 is 41.5 Å². The van der Waals surface area contributed by atoms with Gasteiger partial charge >= 0.3 is 0 Å². The molecule has 2 amide bonds. The lowest BCUT2D eigenvalue weighted by Crippen LogP contribution is -2.45. The van der Waals surface area contributed by atoms with Crippen molar-refractivity contribution in [2.45, 2.75) is 46.1 Å². The lowest BCUT2D eigenvalue weighted by Gasteiger charge is -2.24. The van der Waals surface area contributed by atoms with Crippen molar-refractivity contribution in [1.82, 2.24) is 10.6 Å². The lowest BCUT2D eigenvalue weighted by atomic mass is 9.92. The van der Waals surface area contributed by atoms with Crippen molar-refractivity contribution < 1.29 is 9.59 Å². The van der Waals surface area contributed by atoms with E-state index < -0.39 is 0 Å². The number of anilines is 1. The topological polar surface area (TPSA) is 70.2 Å². The number of carbonyl (C=O) groups is 2. The molecule has 0 radical (unpaired) electrons. The molecule has 1 atom stereocenters. The number of rotatable bonds is 4. The molecule has 3 N–H and O–H groups in total. The second kappa shape index (κ2) is 9.41. The van der Waals surface area contributed by atoms with Gasteiger partial charge in [-0.2, -0.15) is 0 Å². The molecule has 25 heavy (non-hydrogen) atoms. The molecule has 7 heteroatoms. The van der Waals surface area contributed by atoms with Crippen LogP contribution in [0.25, 0.3) is 0 Å². The highest BCUT2D eigenvalue weighted by Gasteiger charge is 2.20. The summed E-state index contributed by atoms with van der Waals surface area (Å²) in [5.41, 5.74) is 0.876. The summed E-state index contributed by atoms with van der Waals surface area (Å²) in [6.45, 7) is 7.77. The van der Waals surface area contributed by atoms with Gasteiger partial charge in [0.15, 0.2) is 0 Å². The van der Waals surface area contributed by atoms with Crippen LogP contribution >= 0.6 is 24.0 Å². The van der Waals surface area contributed by atoms with Gasteiger partial charge in [0.1, 0.15) is 0 Å². The number of halogens is 2. The van der Waals surface area contributed by atoms with Gasteiger partial charge in [-0.05, 0) is 43.0 Å². The zero-order valence-electron chi connectivity index (χ0n) is 14.9. The standard InChI is InChI=1S/C18H26ClN3O2.ClH/c1-18(2,3)10-16(23)21-12-6-7-15(19)14(9-12)17(24)22-13-5-4-8-20-11-13;/h6-7,9,13,20H,4-5,8,10-11H2,1-3H3,(H,21,23)(H,22,24);1H. The van der Waals surface area contributed by atoms with E-state index in [1.165, 1.54) is 0 Å². The van der Waals surface area contributed by atoms with Gasteiger partial charge in [-0.15, -0.1) is 12.4 Å². The summed E-state index contributed by atoms with van der Waals surface area (Å²) in [6.07, 6.45) is 2.41. The molecule has 1 aromatic rings. The van der Waals surface area contributed by atoms with E-state index >= 15 is 0 Å². The Morgan fingerprint density at radius 1 is 1.32 bits per heavy atom. The highest BCUT2D eigenvalue weighted by Crippen LogP contribution is 2.23. The molecular weight excluding hydrogens is 361 g/mol. The molecule has 0 saturated carbocycles. The zero-order valence-corrected chi connectivity index (χ0v) is 16.5. The molecule has 1 heterocycles. The molecular formula is C18H27Cl2N3O2. The number of piperidine rings is 1. The first-order valence-corrected chi connectivity index (χ1v) is 8.73. The molecule has 2 rings (SSSR count). The number of carbonyl (C=O) groups excluding carboxylic acids is 2. The van der Waals surface area contributed by atoms with Crippen LogP contribution < -0.4 is 16.0 Å². The molecule has 1 saturated heterocycles. The van der Waals surface area contributed by atoms with E-state index in [0.717, 1.165) is 25.9 Å². The molecule has 0 aromatic heterocycles. The Hall–Kier alpha value is -1.30. The zero-order chi connectivity index (χ0) is 17.7. The Morgan fingerprint density at radius 2 is 2.04 bits per heavy atom. The van der Waals surface area contributed by atoms with Crippen LogP contribution in [-0.2, 0) is 4.79 Å². The third-order valence-corrected chi connectivity index (χ3v) is 4.15. The van der Waals surface area contributed by atoms with Crippen LogP contribution in [0.15, 0.2) is 18.2 Å². The Kier molecular flexibility index (Phi) is 8.19. The van der Waals surface area contributed by atoms with Gasteiger partial charge < -0.3 is 16.0 Å². The van der Waals surface area contributed by atoms with Crippen LogP contribution in [-0.4, -0.2) is 30.9 Å². The first kappa shape index (κ1) is 21.7. The molecule has 1 fully saturated rings. The fourth-order valence-corrected chi connectivity index (χ4v) is 2.91. The number of benzene rings is 1. The Labute approximate surface area is 160 Å². The van der Waals surface area contributed by atoms with Crippen molar-refractivity contribution in [2.75, 3.05) is 18.4 Å². The average molecular weight is 388 g/mol. The summed E-state index contributed by atoms with van der Waals surface area (Å²) in [5, 5.41) is 9.47. The number of amides is 2. The van der Waals surface area contributed by atoms with Crippen LogP contribution in [0.4, 0.5) is 5.69 Å². The first-order chi connectivity index (χ1) is 11.2. The van der Waals surface area contributed by atoms with Gasteiger partial charge in [0, 0.05) is 24.7 Å². The number of nitrogens with one attached hydrogen (secondary N) is 3. The largest absolute Gasteiger partial charge is 0.348 e.